The molecular formula is C9H14O7. The number of rotatable bonds is 3. The summed E-state index contributed by atoms with van der Waals surface area (Å²) in [5.41, 5.74) is 0. The summed E-state index contributed by atoms with van der Waals surface area (Å²) >= 11 is 0. The van der Waals surface area contributed by atoms with E-state index >= 15 is 0 Å². The number of hydrogen-bond acceptors (Lipinski definition) is 7. The molecule has 0 aromatic carbocycles. The third-order valence-corrected chi connectivity index (χ3v) is 2.16. The predicted octanol–water partition coefficient (Wildman–Crippen LogP) is -2.48. The number of ether oxygens (including phenoxy) is 2. The van der Waals surface area contributed by atoms with Crippen LogP contribution in [0.25, 0.3) is 0 Å². The average Bonchev–Trinajstić information content (AvgIpc) is 2.28. The van der Waals surface area contributed by atoms with E-state index in [4.69, 9.17) is 10.2 Å². The van der Waals surface area contributed by atoms with Gasteiger partial charge in [-0.2, -0.15) is 0 Å². The van der Waals surface area contributed by atoms with Gasteiger partial charge < -0.3 is 29.9 Å². The molecule has 4 N–H and O–H groups in total. The van der Waals surface area contributed by atoms with Crippen LogP contribution in [0.2, 0.25) is 0 Å². The van der Waals surface area contributed by atoms with Crippen LogP contribution in [0.3, 0.4) is 0 Å². The molecule has 5 atom stereocenters. The van der Waals surface area contributed by atoms with Gasteiger partial charge in [-0.1, -0.05) is 12.7 Å². The summed E-state index contributed by atoms with van der Waals surface area (Å²) in [6.45, 7) is 3.24. The summed E-state index contributed by atoms with van der Waals surface area (Å²) in [7, 11) is 0. The first-order valence-electron chi connectivity index (χ1n) is 4.64. The molecule has 16 heavy (non-hydrogen) atoms. The van der Waals surface area contributed by atoms with Crippen LogP contribution in [0.1, 0.15) is 0 Å². The Morgan fingerprint density at radius 3 is 2.44 bits per heavy atom. The molecule has 0 aromatic rings. The summed E-state index contributed by atoms with van der Waals surface area (Å²) in [6.07, 6.45) is -6.97. The SMILES string of the molecule is C=CCOC(=O)[C@@H]1OC(O)C(O)C(O)C1O. The molecule has 7 nitrogen and oxygen atoms in total. The normalized spacial score (nSPS) is 39.1. The van der Waals surface area contributed by atoms with Gasteiger partial charge in [-0.05, 0) is 0 Å². The fourth-order valence-electron chi connectivity index (χ4n) is 1.28. The molecule has 1 fully saturated rings. The van der Waals surface area contributed by atoms with E-state index in [0.717, 1.165) is 0 Å². The average molecular weight is 234 g/mol. The van der Waals surface area contributed by atoms with Gasteiger partial charge in [-0.15, -0.1) is 0 Å². The molecule has 0 bridgehead atoms. The standard InChI is InChI=1S/C9H14O7/c1-2-3-15-9(14)7-5(11)4(10)6(12)8(13)16-7/h2,4-8,10-13H,1,3H2/t4?,5?,6?,7-,8?/m1/s1. The van der Waals surface area contributed by atoms with Crippen LogP contribution in [0, 0.1) is 0 Å². The Labute approximate surface area is 91.5 Å². The lowest BCUT2D eigenvalue weighted by Crippen LogP contribution is -2.59. The van der Waals surface area contributed by atoms with Crippen LogP contribution in [0.15, 0.2) is 12.7 Å². The second-order valence-corrected chi connectivity index (χ2v) is 3.34. The largest absolute Gasteiger partial charge is 0.459 e. The molecule has 0 saturated carbocycles. The summed E-state index contributed by atoms with van der Waals surface area (Å²) in [6, 6.07) is 0. The van der Waals surface area contributed by atoms with Gasteiger partial charge in [0.25, 0.3) is 0 Å². The van der Waals surface area contributed by atoms with Gasteiger partial charge in [-0.25, -0.2) is 4.79 Å². The third kappa shape index (κ3) is 2.57. The highest BCUT2D eigenvalue weighted by atomic mass is 16.7. The van der Waals surface area contributed by atoms with Crippen LogP contribution in [-0.4, -0.2) is 63.7 Å². The lowest BCUT2D eigenvalue weighted by Gasteiger charge is -2.36. The van der Waals surface area contributed by atoms with Crippen molar-refractivity contribution in [2.45, 2.75) is 30.7 Å². The molecule has 0 aliphatic carbocycles. The van der Waals surface area contributed by atoms with Crippen molar-refractivity contribution in [3.8, 4) is 0 Å². The minimum absolute atomic E-state index is 0.0832. The maximum absolute atomic E-state index is 11.3. The molecule has 1 heterocycles. The second-order valence-electron chi connectivity index (χ2n) is 3.34. The Morgan fingerprint density at radius 2 is 1.88 bits per heavy atom. The van der Waals surface area contributed by atoms with E-state index in [9.17, 15) is 15.0 Å². The van der Waals surface area contributed by atoms with Crippen LogP contribution >= 0.6 is 0 Å². The minimum atomic E-state index is -1.75. The van der Waals surface area contributed by atoms with Crippen molar-refractivity contribution in [3.05, 3.63) is 12.7 Å². The van der Waals surface area contributed by atoms with Crippen molar-refractivity contribution in [1.82, 2.24) is 0 Å². The van der Waals surface area contributed by atoms with Gasteiger partial charge in [-0.3, -0.25) is 0 Å². The van der Waals surface area contributed by atoms with Crippen LogP contribution in [0.5, 0.6) is 0 Å². The molecule has 92 valence electrons. The molecule has 1 aliphatic heterocycles. The van der Waals surface area contributed by atoms with Crippen molar-refractivity contribution in [2.75, 3.05) is 6.61 Å². The number of aliphatic hydroxyl groups is 4. The number of hydrogen-bond donors (Lipinski definition) is 4. The number of carbonyl (C=O) groups excluding carboxylic acids is 1. The topological polar surface area (TPSA) is 116 Å². The van der Waals surface area contributed by atoms with E-state index in [1.165, 1.54) is 6.08 Å². The highest BCUT2D eigenvalue weighted by Gasteiger charge is 2.46. The van der Waals surface area contributed by atoms with E-state index in [2.05, 4.69) is 16.1 Å². The van der Waals surface area contributed by atoms with Gasteiger partial charge in [0.2, 0.25) is 0 Å². The third-order valence-electron chi connectivity index (χ3n) is 2.16. The van der Waals surface area contributed by atoms with Crippen molar-refractivity contribution < 1.29 is 34.7 Å². The van der Waals surface area contributed by atoms with E-state index in [1.54, 1.807) is 0 Å². The second kappa shape index (κ2) is 5.37. The molecule has 7 heteroatoms. The molecule has 1 saturated heterocycles. The lowest BCUT2D eigenvalue weighted by molar-refractivity contribution is -0.280. The van der Waals surface area contributed by atoms with Gasteiger partial charge in [0, 0.05) is 0 Å². The molecule has 1 aliphatic rings. The first kappa shape index (κ1) is 13.1. The maximum Gasteiger partial charge on any atom is 0.338 e. The van der Waals surface area contributed by atoms with E-state index < -0.39 is 36.7 Å². The molecule has 0 spiro atoms. The highest BCUT2D eigenvalue weighted by Crippen LogP contribution is 2.20. The molecule has 4 unspecified atom stereocenters. The summed E-state index contributed by atoms with van der Waals surface area (Å²) < 4.78 is 9.21. The van der Waals surface area contributed by atoms with Gasteiger partial charge in [0.15, 0.2) is 12.4 Å². The molecule has 0 amide bonds. The van der Waals surface area contributed by atoms with Gasteiger partial charge in [0.1, 0.15) is 24.9 Å². The molecule has 0 aromatic heterocycles. The van der Waals surface area contributed by atoms with E-state index in [-0.39, 0.29) is 6.61 Å². The predicted molar refractivity (Wildman–Crippen MR) is 50.1 cm³/mol. The van der Waals surface area contributed by atoms with Crippen molar-refractivity contribution in [3.63, 3.8) is 0 Å². The maximum atomic E-state index is 11.3. The molecule has 0 radical (unpaired) electrons. The van der Waals surface area contributed by atoms with Crippen LogP contribution in [0.4, 0.5) is 0 Å². The molecular weight excluding hydrogens is 220 g/mol. The van der Waals surface area contributed by atoms with Crippen LogP contribution in [-0.2, 0) is 14.3 Å². The lowest BCUT2D eigenvalue weighted by atomic mass is 9.99. The van der Waals surface area contributed by atoms with E-state index in [1.807, 2.05) is 0 Å². The number of aliphatic hydroxyl groups excluding tert-OH is 4. The number of carbonyl (C=O) groups is 1. The smallest absolute Gasteiger partial charge is 0.338 e. The van der Waals surface area contributed by atoms with Crippen molar-refractivity contribution >= 4 is 5.97 Å². The van der Waals surface area contributed by atoms with Crippen molar-refractivity contribution in [2.24, 2.45) is 0 Å². The minimum Gasteiger partial charge on any atom is -0.459 e. The highest BCUT2D eigenvalue weighted by molar-refractivity contribution is 5.75. The number of esters is 1. The summed E-state index contributed by atoms with van der Waals surface area (Å²) in [5.74, 6) is -0.947. The zero-order valence-electron chi connectivity index (χ0n) is 8.39. The van der Waals surface area contributed by atoms with Gasteiger partial charge >= 0.3 is 5.97 Å². The Kier molecular flexibility index (Phi) is 4.39. The Hall–Kier alpha value is -0.990. The van der Waals surface area contributed by atoms with Gasteiger partial charge in [0.05, 0.1) is 0 Å². The fourth-order valence-corrected chi connectivity index (χ4v) is 1.28. The molecule has 1 rings (SSSR count). The Bertz CT molecular complexity index is 267. The van der Waals surface area contributed by atoms with E-state index in [0.29, 0.717) is 0 Å². The quantitative estimate of drug-likeness (QED) is 0.315. The monoisotopic (exact) mass is 234 g/mol. The fraction of sp³-hybridized carbons (Fsp3) is 0.667. The zero-order chi connectivity index (χ0) is 12.3. The van der Waals surface area contributed by atoms with Crippen molar-refractivity contribution in [1.29, 1.82) is 0 Å². The first-order chi connectivity index (χ1) is 7.49. The Morgan fingerprint density at radius 1 is 1.25 bits per heavy atom. The summed E-state index contributed by atoms with van der Waals surface area (Å²) in [4.78, 5) is 11.3. The first-order valence-corrected chi connectivity index (χ1v) is 4.64. The Balaban J connectivity index is 2.66. The summed E-state index contributed by atoms with van der Waals surface area (Å²) in [5, 5.41) is 37.0. The zero-order valence-corrected chi connectivity index (χ0v) is 8.39. The van der Waals surface area contributed by atoms with Crippen LogP contribution < -0.4 is 0 Å².